The number of hydrogen-bond donors (Lipinski definition) is 1. The molecule has 0 spiro atoms. The van der Waals surface area contributed by atoms with Gasteiger partial charge >= 0.3 is 0 Å². The Morgan fingerprint density at radius 3 is 2.68 bits per heavy atom. The number of rotatable bonds is 7. The Hall–Kier alpha value is -0.430. The van der Waals surface area contributed by atoms with Crippen LogP contribution in [0, 0.1) is 12.8 Å². The smallest absolute Gasteiger partial charge is 0.240 e. The van der Waals surface area contributed by atoms with E-state index in [2.05, 4.69) is 34.5 Å². The van der Waals surface area contributed by atoms with Crippen LogP contribution in [-0.4, -0.2) is 28.2 Å². The molecule has 0 heterocycles. The number of hydrogen-bond acceptors (Lipinski definition) is 3. The van der Waals surface area contributed by atoms with Gasteiger partial charge in [0.1, 0.15) is 0 Å². The Morgan fingerprint density at radius 1 is 1.37 bits per heavy atom. The lowest BCUT2D eigenvalue weighted by molar-refractivity contribution is 0.114. The van der Waals surface area contributed by atoms with Gasteiger partial charge in [-0.15, -0.1) is 0 Å². The first-order valence-electron chi connectivity index (χ1n) is 6.16. The zero-order valence-electron chi connectivity index (χ0n) is 11.4. The maximum Gasteiger partial charge on any atom is 0.240 e. The maximum atomic E-state index is 12.1. The molecule has 0 saturated heterocycles. The summed E-state index contributed by atoms with van der Waals surface area (Å²) >= 11 is 3.28. The highest BCUT2D eigenvalue weighted by Crippen LogP contribution is 2.20. The molecule has 0 saturated carbocycles. The van der Waals surface area contributed by atoms with Crippen molar-refractivity contribution in [2.75, 3.05) is 19.8 Å². The quantitative estimate of drug-likeness (QED) is 0.770. The summed E-state index contributed by atoms with van der Waals surface area (Å²) < 4.78 is 32.9. The average Bonchev–Trinajstić information content (AvgIpc) is 2.31. The first-order valence-corrected chi connectivity index (χ1v) is 8.44. The highest BCUT2D eigenvalue weighted by Gasteiger charge is 2.16. The number of sulfonamides is 1. The highest BCUT2D eigenvalue weighted by molar-refractivity contribution is 9.10. The van der Waals surface area contributed by atoms with Crippen LogP contribution in [-0.2, 0) is 14.8 Å². The SMILES string of the molecule is Cc1ccc(Br)cc1S(=O)(=O)NCCOCC(C)C. The molecule has 0 aliphatic heterocycles. The van der Waals surface area contributed by atoms with Crippen molar-refractivity contribution in [1.82, 2.24) is 4.72 Å². The number of ether oxygens (including phenoxy) is 1. The van der Waals surface area contributed by atoms with E-state index in [0.29, 0.717) is 24.0 Å². The summed E-state index contributed by atoms with van der Waals surface area (Å²) in [7, 11) is -3.47. The molecule has 0 unspecified atom stereocenters. The Balaban J connectivity index is 2.59. The van der Waals surface area contributed by atoms with E-state index in [-0.39, 0.29) is 6.54 Å². The van der Waals surface area contributed by atoms with E-state index in [0.717, 1.165) is 10.0 Å². The van der Waals surface area contributed by atoms with Gasteiger partial charge in [0.05, 0.1) is 11.5 Å². The molecule has 1 rings (SSSR count). The Labute approximate surface area is 123 Å². The van der Waals surface area contributed by atoms with Crippen molar-refractivity contribution in [2.45, 2.75) is 25.7 Å². The molecular weight excluding hydrogens is 330 g/mol. The van der Waals surface area contributed by atoms with Crippen LogP contribution < -0.4 is 4.72 Å². The van der Waals surface area contributed by atoms with Crippen LogP contribution in [0.2, 0.25) is 0 Å². The van der Waals surface area contributed by atoms with Gasteiger partial charge in [-0.3, -0.25) is 0 Å². The predicted molar refractivity (Wildman–Crippen MR) is 79.7 cm³/mol. The molecule has 0 aromatic heterocycles. The first kappa shape index (κ1) is 16.6. The molecule has 1 aromatic rings. The largest absolute Gasteiger partial charge is 0.380 e. The second kappa shape index (κ2) is 7.38. The third-order valence-corrected chi connectivity index (χ3v) is 4.53. The van der Waals surface area contributed by atoms with Gasteiger partial charge in [-0.05, 0) is 30.5 Å². The minimum Gasteiger partial charge on any atom is -0.380 e. The first-order chi connectivity index (χ1) is 8.83. The normalized spacial score (nSPS) is 12.1. The maximum absolute atomic E-state index is 12.1. The van der Waals surface area contributed by atoms with Gasteiger partial charge in [0.2, 0.25) is 10.0 Å². The fourth-order valence-electron chi connectivity index (χ4n) is 1.51. The minimum atomic E-state index is -3.47. The molecule has 0 aliphatic rings. The third kappa shape index (κ3) is 5.60. The predicted octanol–water partition coefficient (Wildman–Crippen LogP) is 2.71. The summed E-state index contributed by atoms with van der Waals surface area (Å²) in [6, 6.07) is 5.20. The number of nitrogens with one attached hydrogen (secondary N) is 1. The standard InChI is InChI=1S/C13H20BrNO3S/c1-10(2)9-18-7-6-15-19(16,17)13-8-12(14)5-4-11(13)3/h4-5,8,10,15H,6-7,9H2,1-3H3. The molecule has 1 N–H and O–H groups in total. The molecule has 0 amide bonds. The fraction of sp³-hybridized carbons (Fsp3) is 0.538. The molecule has 108 valence electrons. The van der Waals surface area contributed by atoms with Crippen LogP contribution in [0.4, 0.5) is 0 Å². The van der Waals surface area contributed by atoms with Crippen LogP contribution in [0.5, 0.6) is 0 Å². The summed E-state index contributed by atoms with van der Waals surface area (Å²) in [4.78, 5) is 0.297. The van der Waals surface area contributed by atoms with Gasteiger partial charge in [-0.25, -0.2) is 13.1 Å². The molecule has 0 radical (unpaired) electrons. The van der Waals surface area contributed by atoms with Crippen molar-refractivity contribution < 1.29 is 13.2 Å². The summed E-state index contributed by atoms with van der Waals surface area (Å²) in [5, 5.41) is 0. The van der Waals surface area contributed by atoms with E-state index in [1.807, 2.05) is 6.07 Å². The lowest BCUT2D eigenvalue weighted by Gasteiger charge is -2.10. The van der Waals surface area contributed by atoms with E-state index in [1.54, 1.807) is 19.1 Å². The van der Waals surface area contributed by atoms with E-state index >= 15 is 0 Å². The summed E-state index contributed by atoms with van der Waals surface area (Å²) in [5.74, 6) is 0.448. The van der Waals surface area contributed by atoms with Crippen molar-refractivity contribution in [1.29, 1.82) is 0 Å². The number of halogens is 1. The van der Waals surface area contributed by atoms with Crippen molar-refractivity contribution in [3.8, 4) is 0 Å². The molecule has 0 aliphatic carbocycles. The van der Waals surface area contributed by atoms with Crippen LogP contribution >= 0.6 is 15.9 Å². The summed E-state index contributed by atoms with van der Waals surface area (Å²) in [5.41, 5.74) is 0.721. The number of benzene rings is 1. The lowest BCUT2D eigenvalue weighted by atomic mass is 10.2. The van der Waals surface area contributed by atoms with Crippen molar-refractivity contribution in [3.05, 3.63) is 28.2 Å². The van der Waals surface area contributed by atoms with Gasteiger partial charge < -0.3 is 4.74 Å². The Kier molecular flexibility index (Phi) is 6.46. The summed E-state index contributed by atoms with van der Waals surface area (Å²) in [6.07, 6.45) is 0. The molecule has 19 heavy (non-hydrogen) atoms. The van der Waals surface area contributed by atoms with Gasteiger partial charge in [0.15, 0.2) is 0 Å². The van der Waals surface area contributed by atoms with E-state index < -0.39 is 10.0 Å². The van der Waals surface area contributed by atoms with Gasteiger partial charge in [-0.2, -0.15) is 0 Å². The monoisotopic (exact) mass is 349 g/mol. The molecule has 4 nitrogen and oxygen atoms in total. The lowest BCUT2D eigenvalue weighted by Crippen LogP contribution is -2.28. The van der Waals surface area contributed by atoms with Gasteiger partial charge in [0, 0.05) is 17.6 Å². The van der Waals surface area contributed by atoms with Gasteiger partial charge in [-0.1, -0.05) is 35.8 Å². The highest BCUT2D eigenvalue weighted by atomic mass is 79.9. The van der Waals surface area contributed by atoms with Crippen LogP contribution in [0.3, 0.4) is 0 Å². The molecular formula is C13H20BrNO3S. The Morgan fingerprint density at radius 2 is 2.05 bits per heavy atom. The van der Waals surface area contributed by atoms with Crippen molar-refractivity contribution in [2.24, 2.45) is 5.92 Å². The van der Waals surface area contributed by atoms with E-state index in [4.69, 9.17) is 4.74 Å². The second-order valence-corrected chi connectivity index (χ2v) is 7.43. The van der Waals surface area contributed by atoms with Gasteiger partial charge in [0.25, 0.3) is 0 Å². The second-order valence-electron chi connectivity index (χ2n) is 4.78. The minimum absolute atomic E-state index is 0.279. The van der Waals surface area contributed by atoms with Crippen molar-refractivity contribution in [3.63, 3.8) is 0 Å². The molecule has 6 heteroatoms. The molecule has 0 bridgehead atoms. The molecule has 0 fully saturated rings. The zero-order chi connectivity index (χ0) is 14.5. The zero-order valence-corrected chi connectivity index (χ0v) is 13.8. The van der Waals surface area contributed by atoms with E-state index in [1.165, 1.54) is 0 Å². The Bertz CT molecular complexity index is 515. The fourth-order valence-corrected chi connectivity index (χ4v) is 3.30. The summed E-state index contributed by atoms with van der Waals surface area (Å²) in [6.45, 7) is 7.17. The van der Waals surface area contributed by atoms with Crippen LogP contribution in [0.25, 0.3) is 0 Å². The van der Waals surface area contributed by atoms with Crippen LogP contribution in [0.1, 0.15) is 19.4 Å². The number of aryl methyl sites for hydroxylation is 1. The van der Waals surface area contributed by atoms with E-state index in [9.17, 15) is 8.42 Å². The third-order valence-electron chi connectivity index (χ3n) is 2.43. The molecule has 1 aromatic carbocycles. The van der Waals surface area contributed by atoms with Crippen molar-refractivity contribution >= 4 is 26.0 Å². The average molecular weight is 350 g/mol. The molecule has 0 atom stereocenters. The topological polar surface area (TPSA) is 55.4 Å². The van der Waals surface area contributed by atoms with Crippen LogP contribution in [0.15, 0.2) is 27.6 Å².